The molecule has 0 aromatic heterocycles. The first-order chi connectivity index (χ1) is 24.9. The van der Waals surface area contributed by atoms with Gasteiger partial charge in [0.1, 0.15) is 23.3 Å². The van der Waals surface area contributed by atoms with Crippen LogP contribution >= 0.6 is 0 Å². The standard InChI is InChI=1S/C44H73NO10/c1-36(2,3)54-31(48)15-14-25(45-35(50)55-37(4,5)6)34(49)52-27-22-28-41(12)23-26(46)32(42(13)18-17-30(53-42)39(9,10)51)40(41,11)20-21-43(28)24-44(43)19-16-29(47)38(7,8)33(27)44/h25-30,32-33,46-47,51H,14-24H2,1-13H3,(H,45,50)/t25-,26-,27-,28?,29-,30-,32-,33-,40+,41-,42+,43?,44+/m0/s1. The second kappa shape index (κ2) is 13.3. The van der Waals surface area contributed by atoms with Crippen LogP contribution in [0.3, 0.4) is 0 Å². The second-order valence-corrected chi connectivity index (χ2v) is 22.6. The molecule has 0 aromatic rings. The highest BCUT2D eigenvalue weighted by molar-refractivity contribution is 5.82. The molecule has 314 valence electrons. The van der Waals surface area contributed by atoms with Gasteiger partial charge >= 0.3 is 18.0 Å². The lowest BCUT2D eigenvalue weighted by molar-refractivity contribution is -0.221. The van der Waals surface area contributed by atoms with Gasteiger partial charge in [0.25, 0.3) is 0 Å². The molecule has 55 heavy (non-hydrogen) atoms. The molecule has 0 bridgehead atoms. The summed E-state index contributed by atoms with van der Waals surface area (Å²) in [6.07, 6.45) is 4.22. The number of hydrogen-bond acceptors (Lipinski definition) is 10. The molecule has 4 N–H and O–H groups in total. The summed E-state index contributed by atoms with van der Waals surface area (Å²) in [4.78, 5) is 40.4. The molecule has 13 atom stereocenters. The average Bonchev–Trinajstić information content (AvgIpc) is 3.37. The van der Waals surface area contributed by atoms with E-state index in [2.05, 4.69) is 39.9 Å². The fourth-order valence-corrected chi connectivity index (χ4v) is 13.8. The molecular formula is C44H73NO10. The number of carbonyl (C=O) groups is 3. The Balaban J connectivity index is 1.33. The number of fused-ring (bicyclic) bond motifs is 2. The summed E-state index contributed by atoms with van der Waals surface area (Å²) < 4.78 is 24.5. The van der Waals surface area contributed by atoms with Gasteiger partial charge < -0.3 is 39.6 Å². The van der Waals surface area contributed by atoms with E-state index in [1.165, 1.54) is 0 Å². The van der Waals surface area contributed by atoms with E-state index in [0.29, 0.717) is 19.3 Å². The first-order valence-corrected chi connectivity index (χ1v) is 21.1. The predicted octanol–water partition coefficient (Wildman–Crippen LogP) is 7.00. The van der Waals surface area contributed by atoms with Crippen molar-refractivity contribution in [3.05, 3.63) is 0 Å². The van der Waals surface area contributed by atoms with E-state index in [1.54, 1.807) is 55.4 Å². The number of carbonyl (C=O) groups excluding carboxylic acids is 3. The highest BCUT2D eigenvalue weighted by atomic mass is 16.6. The van der Waals surface area contributed by atoms with Crippen molar-refractivity contribution in [1.29, 1.82) is 0 Å². The number of ether oxygens (including phenoxy) is 4. The summed E-state index contributed by atoms with van der Waals surface area (Å²) >= 11 is 0. The minimum atomic E-state index is -1.16. The Morgan fingerprint density at radius 1 is 0.818 bits per heavy atom. The number of aliphatic hydroxyl groups is 3. The Morgan fingerprint density at radius 2 is 1.45 bits per heavy atom. The van der Waals surface area contributed by atoms with Gasteiger partial charge in [0.2, 0.25) is 0 Å². The summed E-state index contributed by atoms with van der Waals surface area (Å²) in [6, 6.07) is -1.16. The van der Waals surface area contributed by atoms with Crippen LogP contribution in [0, 0.1) is 44.8 Å². The fourth-order valence-electron chi connectivity index (χ4n) is 13.8. The highest BCUT2D eigenvalue weighted by Gasteiger charge is 2.85. The average molecular weight is 776 g/mol. The van der Waals surface area contributed by atoms with Gasteiger partial charge in [-0.3, -0.25) is 4.79 Å². The summed E-state index contributed by atoms with van der Waals surface area (Å²) in [5.74, 6) is -1.23. The van der Waals surface area contributed by atoms with E-state index < -0.39 is 70.2 Å². The lowest BCUT2D eigenvalue weighted by atomic mass is 9.41. The third-order valence-electron chi connectivity index (χ3n) is 16.1. The fraction of sp³-hybridized carbons (Fsp3) is 0.932. The topological polar surface area (TPSA) is 161 Å². The summed E-state index contributed by atoms with van der Waals surface area (Å²) in [5.41, 5.74) is -4.37. The first kappa shape index (κ1) is 42.7. The van der Waals surface area contributed by atoms with Gasteiger partial charge in [0, 0.05) is 18.3 Å². The van der Waals surface area contributed by atoms with Crippen LogP contribution in [0.1, 0.15) is 161 Å². The van der Waals surface area contributed by atoms with Crippen LogP contribution in [0.5, 0.6) is 0 Å². The molecule has 1 aliphatic heterocycles. The summed E-state index contributed by atoms with van der Waals surface area (Å²) in [7, 11) is 0. The van der Waals surface area contributed by atoms with E-state index in [-0.39, 0.29) is 58.4 Å². The summed E-state index contributed by atoms with van der Waals surface area (Å²) in [5, 5.41) is 37.3. The molecule has 1 amide bonds. The molecule has 1 saturated heterocycles. The lowest BCUT2D eigenvalue weighted by Gasteiger charge is -2.64. The molecule has 6 rings (SSSR count). The van der Waals surface area contributed by atoms with Crippen LogP contribution in [0.25, 0.3) is 0 Å². The molecule has 5 aliphatic carbocycles. The molecule has 2 unspecified atom stereocenters. The SMILES string of the molecule is CC(C)(C)OC(=O)CC[C@H](NC(=O)OC(C)(C)C)C(=O)O[C@H]1CC2C3(CC[C@]4(C)[C@@H]([C@@]5(C)CC[C@@H](C(C)(C)O)O5)[C@@H](O)C[C@@]24C)C[C@@]32CC[C@H](O)C(C)(C)[C@H]12. The van der Waals surface area contributed by atoms with E-state index in [9.17, 15) is 29.7 Å². The zero-order valence-corrected chi connectivity index (χ0v) is 36.1. The van der Waals surface area contributed by atoms with Gasteiger partial charge in [-0.2, -0.15) is 0 Å². The van der Waals surface area contributed by atoms with Crippen LogP contribution in [0.4, 0.5) is 4.79 Å². The second-order valence-electron chi connectivity index (χ2n) is 22.6. The van der Waals surface area contributed by atoms with Crippen molar-refractivity contribution in [3.8, 4) is 0 Å². The minimum Gasteiger partial charge on any atom is -0.460 e. The van der Waals surface area contributed by atoms with Gasteiger partial charge in [-0.15, -0.1) is 0 Å². The first-order valence-electron chi connectivity index (χ1n) is 21.1. The minimum absolute atomic E-state index is 0.00119. The molecular weight excluding hydrogens is 702 g/mol. The van der Waals surface area contributed by atoms with E-state index in [1.807, 2.05) is 0 Å². The Labute approximate surface area is 329 Å². The maximum absolute atomic E-state index is 14.5. The number of aliphatic hydroxyl groups excluding tert-OH is 2. The zero-order valence-electron chi connectivity index (χ0n) is 36.1. The van der Waals surface area contributed by atoms with E-state index in [0.717, 1.165) is 38.5 Å². The van der Waals surface area contributed by atoms with Crippen molar-refractivity contribution >= 4 is 18.0 Å². The van der Waals surface area contributed by atoms with Crippen molar-refractivity contribution in [2.24, 2.45) is 44.8 Å². The highest BCUT2D eigenvalue weighted by Crippen LogP contribution is 2.89. The number of alkyl carbamates (subject to hydrolysis) is 1. The quantitative estimate of drug-likeness (QED) is 0.149. The van der Waals surface area contributed by atoms with Gasteiger partial charge in [-0.05, 0) is 160 Å². The molecule has 6 fully saturated rings. The van der Waals surface area contributed by atoms with Gasteiger partial charge in [-0.25, -0.2) is 9.59 Å². The molecule has 1 heterocycles. The molecule has 0 radical (unpaired) electrons. The van der Waals surface area contributed by atoms with Gasteiger partial charge in [-0.1, -0.05) is 27.7 Å². The maximum atomic E-state index is 14.5. The van der Waals surface area contributed by atoms with Crippen molar-refractivity contribution in [2.75, 3.05) is 0 Å². The number of nitrogens with one attached hydrogen (secondary N) is 1. The largest absolute Gasteiger partial charge is 0.460 e. The maximum Gasteiger partial charge on any atom is 0.408 e. The molecule has 11 heteroatoms. The Bertz CT molecular complexity index is 1520. The molecule has 5 saturated carbocycles. The third kappa shape index (κ3) is 7.04. The molecule has 2 spiro atoms. The van der Waals surface area contributed by atoms with Crippen molar-refractivity contribution in [3.63, 3.8) is 0 Å². The molecule has 11 nitrogen and oxygen atoms in total. The molecule has 6 aliphatic rings. The Hall–Kier alpha value is -1.95. The number of esters is 2. The van der Waals surface area contributed by atoms with Crippen LogP contribution < -0.4 is 5.32 Å². The third-order valence-corrected chi connectivity index (χ3v) is 16.1. The van der Waals surface area contributed by atoms with E-state index >= 15 is 0 Å². The molecule has 0 aromatic carbocycles. The normalized spacial score (nSPS) is 43.9. The van der Waals surface area contributed by atoms with Crippen LogP contribution in [0.2, 0.25) is 0 Å². The lowest BCUT2D eigenvalue weighted by Crippen LogP contribution is -2.63. The smallest absolute Gasteiger partial charge is 0.408 e. The summed E-state index contributed by atoms with van der Waals surface area (Å²) in [6.45, 7) is 25.2. The van der Waals surface area contributed by atoms with E-state index in [4.69, 9.17) is 18.9 Å². The number of hydrogen-bond donors (Lipinski definition) is 4. The van der Waals surface area contributed by atoms with Crippen molar-refractivity contribution in [2.45, 2.75) is 213 Å². The Kier molecular flexibility index (Phi) is 10.3. The van der Waals surface area contributed by atoms with Gasteiger partial charge in [0.15, 0.2) is 0 Å². The predicted molar refractivity (Wildman–Crippen MR) is 207 cm³/mol. The van der Waals surface area contributed by atoms with Crippen molar-refractivity contribution in [1.82, 2.24) is 5.32 Å². The number of amides is 1. The van der Waals surface area contributed by atoms with Crippen LogP contribution in [0.15, 0.2) is 0 Å². The van der Waals surface area contributed by atoms with Crippen molar-refractivity contribution < 1.29 is 48.7 Å². The van der Waals surface area contributed by atoms with Crippen LogP contribution in [-0.2, 0) is 28.5 Å². The monoisotopic (exact) mass is 776 g/mol. The van der Waals surface area contributed by atoms with Gasteiger partial charge in [0.05, 0.1) is 29.5 Å². The Morgan fingerprint density at radius 3 is 2.04 bits per heavy atom. The zero-order chi connectivity index (χ0) is 41.2. The number of rotatable bonds is 8. The van der Waals surface area contributed by atoms with Crippen LogP contribution in [-0.4, -0.2) is 86.2 Å².